The Hall–Kier alpha value is -2.90. The first kappa shape index (κ1) is 21.0. The van der Waals surface area contributed by atoms with Crippen LogP contribution in [0.5, 0.6) is 11.5 Å². The summed E-state index contributed by atoms with van der Waals surface area (Å²) in [5.41, 5.74) is 0.835. The molecule has 3 fully saturated rings. The lowest BCUT2D eigenvalue weighted by molar-refractivity contribution is -0.123. The lowest BCUT2D eigenvalue weighted by atomic mass is 9.85. The SMILES string of the molecule is COc1ccc(OC)c(N2C(=O)[C@@H]3[C@H](C2=O)[C@@H]2CCCN2[C@@H]3C(=O)c2ccc(Cl)cc2)c1. The molecule has 3 heterocycles. The average molecular weight is 455 g/mol. The first-order valence-corrected chi connectivity index (χ1v) is 11.0. The largest absolute Gasteiger partial charge is 0.497 e. The molecule has 166 valence electrons. The highest BCUT2D eigenvalue weighted by molar-refractivity contribution is 6.30. The number of imide groups is 1. The molecule has 0 saturated carbocycles. The van der Waals surface area contributed by atoms with Gasteiger partial charge < -0.3 is 9.47 Å². The van der Waals surface area contributed by atoms with Crippen LogP contribution in [0.1, 0.15) is 23.2 Å². The van der Waals surface area contributed by atoms with E-state index in [0.29, 0.717) is 34.3 Å². The second-order valence-corrected chi connectivity index (χ2v) is 8.80. The first-order valence-electron chi connectivity index (χ1n) is 10.6. The van der Waals surface area contributed by atoms with Crippen LogP contribution in [0.15, 0.2) is 42.5 Å². The van der Waals surface area contributed by atoms with E-state index >= 15 is 0 Å². The number of carbonyl (C=O) groups excluding carboxylic acids is 3. The number of rotatable bonds is 5. The summed E-state index contributed by atoms with van der Waals surface area (Å²) in [6.07, 6.45) is 1.68. The fourth-order valence-electron chi connectivity index (χ4n) is 5.51. The number of carbonyl (C=O) groups is 3. The van der Waals surface area contributed by atoms with E-state index in [1.54, 1.807) is 42.5 Å². The minimum atomic E-state index is -0.730. The average Bonchev–Trinajstić information content (AvgIpc) is 3.45. The van der Waals surface area contributed by atoms with Gasteiger partial charge in [-0.15, -0.1) is 0 Å². The number of benzene rings is 2. The van der Waals surface area contributed by atoms with Gasteiger partial charge in [0.15, 0.2) is 5.78 Å². The van der Waals surface area contributed by atoms with Gasteiger partial charge in [-0.05, 0) is 55.8 Å². The molecular weight excluding hydrogens is 432 g/mol. The van der Waals surface area contributed by atoms with Crippen molar-refractivity contribution < 1.29 is 23.9 Å². The number of anilines is 1. The Morgan fingerprint density at radius 1 is 1.00 bits per heavy atom. The molecule has 2 amide bonds. The van der Waals surface area contributed by atoms with Crippen LogP contribution in [0.4, 0.5) is 5.69 Å². The van der Waals surface area contributed by atoms with Crippen LogP contribution in [0.2, 0.25) is 5.02 Å². The van der Waals surface area contributed by atoms with E-state index in [9.17, 15) is 14.4 Å². The van der Waals surface area contributed by atoms with Gasteiger partial charge in [0.25, 0.3) is 0 Å². The highest BCUT2D eigenvalue weighted by atomic mass is 35.5. The van der Waals surface area contributed by atoms with Crippen molar-refractivity contribution in [1.82, 2.24) is 4.90 Å². The number of ether oxygens (including phenoxy) is 2. The van der Waals surface area contributed by atoms with E-state index in [0.717, 1.165) is 12.8 Å². The zero-order valence-electron chi connectivity index (χ0n) is 17.8. The zero-order chi connectivity index (χ0) is 22.6. The monoisotopic (exact) mass is 454 g/mol. The van der Waals surface area contributed by atoms with Gasteiger partial charge in [0.2, 0.25) is 11.8 Å². The van der Waals surface area contributed by atoms with Crippen molar-refractivity contribution in [3.05, 3.63) is 53.1 Å². The lowest BCUT2D eigenvalue weighted by Crippen LogP contribution is -2.46. The molecule has 3 saturated heterocycles. The number of ketones is 1. The minimum absolute atomic E-state index is 0.126. The molecule has 5 rings (SSSR count). The molecule has 32 heavy (non-hydrogen) atoms. The highest BCUT2D eigenvalue weighted by Crippen LogP contribution is 2.50. The number of nitrogens with zero attached hydrogens (tertiary/aromatic N) is 2. The van der Waals surface area contributed by atoms with E-state index in [2.05, 4.69) is 4.90 Å². The number of halogens is 1. The Morgan fingerprint density at radius 3 is 2.41 bits per heavy atom. The van der Waals surface area contributed by atoms with Gasteiger partial charge in [-0.1, -0.05) is 11.6 Å². The third kappa shape index (κ3) is 3.03. The summed E-state index contributed by atoms with van der Waals surface area (Å²) in [6.45, 7) is 0.699. The maximum absolute atomic E-state index is 13.7. The molecule has 0 aliphatic carbocycles. The van der Waals surface area contributed by atoms with Gasteiger partial charge in [0.05, 0.1) is 37.8 Å². The Bertz CT molecular complexity index is 1100. The van der Waals surface area contributed by atoms with E-state index in [4.69, 9.17) is 21.1 Å². The van der Waals surface area contributed by atoms with Crippen molar-refractivity contribution in [2.45, 2.75) is 24.9 Å². The number of methoxy groups -OCH3 is 2. The molecule has 4 atom stereocenters. The molecule has 7 nitrogen and oxygen atoms in total. The summed E-state index contributed by atoms with van der Waals surface area (Å²) in [7, 11) is 3.01. The summed E-state index contributed by atoms with van der Waals surface area (Å²) < 4.78 is 10.7. The molecule has 8 heteroatoms. The molecule has 0 bridgehead atoms. The van der Waals surface area contributed by atoms with Crippen LogP contribution in [0.3, 0.4) is 0 Å². The smallest absolute Gasteiger partial charge is 0.239 e. The van der Waals surface area contributed by atoms with Crippen LogP contribution >= 0.6 is 11.6 Å². The molecule has 2 aromatic rings. The molecule has 0 unspecified atom stereocenters. The second kappa shape index (κ2) is 7.90. The topological polar surface area (TPSA) is 76.2 Å². The van der Waals surface area contributed by atoms with Crippen molar-refractivity contribution in [2.75, 3.05) is 25.7 Å². The predicted molar refractivity (Wildman–Crippen MR) is 118 cm³/mol. The maximum Gasteiger partial charge on any atom is 0.239 e. The van der Waals surface area contributed by atoms with Gasteiger partial charge in [-0.3, -0.25) is 19.3 Å². The minimum Gasteiger partial charge on any atom is -0.497 e. The summed E-state index contributed by atoms with van der Waals surface area (Å²) in [4.78, 5) is 44.1. The molecule has 0 N–H and O–H groups in total. The Labute approximate surface area is 190 Å². The van der Waals surface area contributed by atoms with Crippen molar-refractivity contribution in [2.24, 2.45) is 11.8 Å². The third-order valence-electron chi connectivity index (χ3n) is 6.88. The van der Waals surface area contributed by atoms with E-state index < -0.39 is 17.9 Å². The molecule has 0 aromatic heterocycles. The zero-order valence-corrected chi connectivity index (χ0v) is 18.5. The summed E-state index contributed by atoms with van der Waals surface area (Å²) in [5, 5.41) is 0.535. The Morgan fingerprint density at radius 2 is 1.72 bits per heavy atom. The lowest BCUT2D eigenvalue weighted by Gasteiger charge is -2.28. The molecule has 2 aromatic carbocycles. The normalized spacial score (nSPS) is 26.9. The van der Waals surface area contributed by atoms with Crippen molar-refractivity contribution >= 4 is 34.9 Å². The van der Waals surface area contributed by atoms with E-state index in [1.165, 1.54) is 19.1 Å². The molecular formula is C24H23ClN2O5. The fraction of sp³-hybridized carbons (Fsp3) is 0.375. The van der Waals surface area contributed by atoms with Crippen LogP contribution < -0.4 is 14.4 Å². The molecule has 3 aliphatic rings. The van der Waals surface area contributed by atoms with Gasteiger partial charge in [0, 0.05) is 22.7 Å². The fourth-order valence-corrected chi connectivity index (χ4v) is 5.64. The van der Waals surface area contributed by atoms with Crippen LogP contribution in [0, 0.1) is 11.8 Å². The van der Waals surface area contributed by atoms with Gasteiger partial charge in [-0.25, -0.2) is 4.90 Å². The Kier molecular flexibility index (Phi) is 5.18. The van der Waals surface area contributed by atoms with Gasteiger partial charge >= 0.3 is 0 Å². The Balaban J connectivity index is 1.57. The molecule has 3 aliphatic heterocycles. The number of hydrogen-bond acceptors (Lipinski definition) is 6. The summed E-state index contributed by atoms with van der Waals surface area (Å²) in [6, 6.07) is 10.9. The first-order chi connectivity index (χ1) is 15.5. The summed E-state index contributed by atoms with van der Waals surface area (Å²) in [5.74, 6) is -1.18. The predicted octanol–water partition coefficient (Wildman–Crippen LogP) is 3.19. The number of Topliss-reactive ketones (excluding diaryl/α,β-unsaturated/α-hetero) is 1. The van der Waals surface area contributed by atoms with Crippen LogP contribution in [-0.4, -0.2) is 55.3 Å². The maximum atomic E-state index is 13.7. The quantitative estimate of drug-likeness (QED) is 0.510. The number of hydrogen-bond donors (Lipinski definition) is 0. The summed E-state index contributed by atoms with van der Waals surface area (Å²) >= 11 is 5.99. The van der Waals surface area contributed by atoms with Crippen molar-refractivity contribution in [3.63, 3.8) is 0 Å². The third-order valence-corrected chi connectivity index (χ3v) is 7.13. The van der Waals surface area contributed by atoms with Crippen molar-refractivity contribution in [3.8, 4) is 11.5 Å². The van der Waals surface area contributed by atoms with Crippen molar-refractivity contribution in [1.29, 1.82) is 0 Å². The molecule has 0 spiro atoms. The number of fused-ring (bicyclic) bond motifs is 3. The number of amides is 2. The highest BCUT2D eigenvalue weighted by Gasteiger charge is 2.65. The van der Waals surface area contributed by atoms with E-state index in [1.807, 2.05) is 0 Å². The second-order valence-electron chi connectivity index (χ2n) is 8.36. The van der Waals surface area contributed by atoms with Gasteiger partial charge in [-0.2, -0.15) is 0 Å². The van der Waals surface area contributed by atoms with Crippen LogP contribution in [-0.2, 0) is 9.59 Å². The molecule has 0 radical (unpaired) electrons. The van der Waals surface area contributed by atoms with Crippen LogP contribution in [0.25, 0.3) is 0 Å². The van der Waals surface area contributed by atoms with Gasteiger partial charge in [0.1, 0.15) is 11.5 Å². The van der Waals surface area contributed by atoms with E-state index in [-0.39, 0.29) is 23.6 Å². The standard InChI is InChI=1S/C24H23ClN2O5/c1-31-15-9-10-18(32-2)17(12-15)27-23(29)19-16-4-3-11-26(16)21(20(19)24(27)30)22(28)13-5-7-14(25)8-6-13/h5-10,12,16,19-21H,3-4,11H2,1-2H3/t16-,19+,20+,21-/m0/s1.